The molecule has 15 nitrogen and oxygen atoms in total. The van der Waals surface area contributed by atoms with Gasteiger partial charge in [0.25, 0.3) is 11.8 Å². The summed E-state index contributed by atoms with van der Waals surface area (Å²) in [6.45, 7) is 8.36. The Morgan fingerprint density at radius 2 is 1.17 bits per heavy atom. The largest absolute Gasteiger partial charge is 0.460 e. The van der Waals surface area contributed by atoms with Crippen molar-refractivity contribution >= 4 is 58.7 Å². The van der Waals surface area contributed by atoms with Gasteiger partial charge in [-0.3, -0.25) is 38.4 Å². The van der Waals surface area contributed by atoms with E-state index < -0.39 is 59.1 Å². The maximum Gasteiger partial charge on any atom is 0.355 e. The maximum absolute atomic E-state index is 13.9. The van der Waals surface area contributed by atoms with Crippen LogP contribution in [-0.2, 0) is 70.4 Å². The Balaban J connectivity index is 1.46. The number of carbonyl (C=O) groups is 10. The number of nitrogens with zero attached hydrogens (tertiary/aromatic N) is 1. The fourth-order valence-electron chi connectivity index (χ4n) is 7.42. The van der Waals surface area contributed by atoms with Gasteiger partial charge in [0, 0.05) is 76.2 Å². The predicted molar refractivity (Wildman–Crippen MR) is 240 cm³/mol. The van der Waals surface area contributed by atoms with E-state index in [-0.39, 0.29) is 106 Å². The summed E-state index contributed by atoms with van der Waals surface area (Å²) < 4.78 is 5.53. The lowest BCUT2D eigenvalue weighted by Gasteiger charge is -2.24. The molecule has 4 atom stereocenters. The van der Waals surface area contributed by atoms with Crippen molar-refractivity contribution in [2.75, 3.05) is 6.54 Å². The van der Waals surface area contributed by atoms with E-state index in [1.807, 2.05) is 30.3 Å². The molecule has 2 aromatic rings. The first kappa shape index (κ1) is 53.5. The van der Waals surface area contributed by atoms with Crippen LogP contribution in [0.2, 0.25) is 0 Å². The van der Waals surface area contributed by atoms with Gasteiger partial charge in [-0.05, 0) is 77.8 Å². The highest BCUT2D eigenvalue weighted by molar-refractivity contribution is 6.02. The van der Waals surface area contributed by atoms with Gasteiger partial charge in [0.05, 0.1) is 5.92 Å². The van der Waals surface area contributed by atoms with Crippen LogP contribution >= 0.6 is 0 Å². The number of unbranched alkanes of at least 4 members (excludes halogenated alkanes) is 4. The van der Waals surface area contributed by atoms with E-state index in [1.54, 1.807) is 51.1 Å². The Morgan fingerprint density at radius 1 is 0.631 bits per heavy atom. The van der Waals surface area contributed by atoms with E-state index in [0.29, 0.717) is 30.0 Å². The summed E-state index contributed by atoms with van der Waals surface area (Å²) in [6.07, 6.45) is 4.22. The van der Waals surface area contributed by atoms with Crippen LogP contribution in [0, 0.1) is 17.8 Å². The van der Waals surface area contributed by atoms with Crippen LogP contribution in [0.3, 0.4) is 0 Å². The monoisotopic (exact) mass is 901 g/mol. The van der Waals surface area contributed by atoms with Gasteiger partial charge in [-0.1, -0.05) is 79.9 Å². The van der Waals surface area contributed by atoms with E-state index >= 15 is 0 Å². The topological polar surface area (TPSA) is 216 Å². The third kappa shape index (κ3) is 21.1. The smallest absolute Gasteiger partial charge is 0.355 e. The first-order valence-corrected chi connectivity index (χ1v) is 22.8. The number of Topliss-reactive ketones (excluding diaryl/α,β-unsaturated/α-hetero) is 4. The molecule has 0 spiro atoms. The van der Waals surface area contributed by atoms with Gasteiger partial charge < -0.3 is 25.0 Å². The van der Waals surface area contributed by atoms with E-state index in [9.17, 15) is 47.9 Å². The Kier molecular flexibility index (Phi) is 22.6. The van der Waals surface area contributed by atoms with E-state index in [0.717, 1.165) is 24.8 Å². The van der Waals surface area contributed by atoms with Crippen molar-refractivity contribution in [3.8, 4) is 0 Å². The van der Waals surface area contributed by atoms with Gasteiger partial charge in [-0.15, -0.1) is 5.06 Å². The number of hydrogen-bond acceptors (Lipinski definition) is 12. The molecular formula is C50H67N3O12. The third-order valence-corrected chi connectivity index (χ3v) is 11.0. The van der Waals surface area contributed by atoms with Crippen LogP contribution in [0.1, 0.15) is 142 Å². The highest BCUT2D eigenvalue weighted by Crippen LogP contribution is 2.23. The normalized spacial score (nSPS) is 14.4. The van der Waals surface area contributed by atoms with E-state index in [4.69, 9.17) is 9.57 Å². The molecular weight excluding hydrogens is 835 g/mol. The lowest BCUT2D eigenvalue weighted by Crippen LogP contribution is -2.48. The molecule has 1 heterocycles. The highest BCUT2D eigenvalue weighted by Gasteiger charge is 2.36. The average molecular weight is 902 g/mol. The summed E-state index contributed by atoms with van der Waals surface area (Å²) in [5.74, 6) is -6.60. The van der Waals surface area contributed by atoms with Crippen LogP contribution in [0.15, 0.2) is 60.7 Å². The fraction of sp³-hybridized carbons (Fsp3) is 0.560. The number of nitrogens with one attached hydrogen (secondary N) is 2. The first-order chi connectivity index (χ1) is 30.8. The lowest BCUT2D eigenvalue weighted by atomic mass is 9.88. The molecule has 0 aliphatic carbocycles. The van der Waals surface area contributed by atoms with Crippen molar-refractivity contribution in [2.24, 2.45) is 17.8 Å². The summed E-state index contributed by atoms with van der Waals surface area (Å²) >= 11 is 0. The quantitative estimate of drug-likeness (QED) is 0.0505. The number of carbonyl (C=O) groups excluding carboxylic acids is 10. The van der Waals surface area contributed by atoms with Crippen LogP contribution in [0.5, 0.6) is 0 Å². The summed E-state index contributed by atoms with van der Waals surface area (Å²) in [4.78, 5) is 132. The van der Waals surface area contributed by atoms with Crippen molar-refractivity contribution in [1.29, 1.82) is 0 Å². The number of esters is 1. The van der Waals surface area contributed by atoms with E-state index in [1.165, 1.54) is 13.8 Å². The van der Waals surface area contributed by atoms with Gasteiger partial charge in [0.2, 0.25) is 11.8 Å². The maximum atomic E-state index is 13.9. The summed E-state index contributed by atoms with van der Waals surface area (Å²) in [7, 11) is 0. The molecule has 0 bridgehead atoms. The Morgan fingerprint density at radius 3 is 1.75 bits per heavy atom. The van der Waals surface area contributed by atoms with Crippen molar-refractivity contribution in [2.45, 2.75) is 155 Å². The van der Waals surface area contributed by atoms with Crippen molar-refractivity contribution in [3.05, 3.63) is 71.8 Å². The summed E-state index contributed by atoms with van der Waals surface area (Å²) in [6, 6.07) is 16.9. The molecule has 15 heteroatoms. The molecule has 0 unspecified atom stereocenters. The first-order valence-electron chi connectivity index (χ1n) is 22.8. The lowest BCUT2D eigenvalue weighted by molar-refractivity contribution is -0.199. The van der Waals surface area contributed by atoms with Crippen LogP contribution in [0.4, 0.5) is 0 Å². The number of ether oxygens (including phenoxy) is 1. The predicted octanol–water partition coefficient (Wildman–Crippen LogP) is 6.26. The molecule has 354 valence electrons. The Bertz CT molecular complexity index is 1940. The second-order valence-electron chi connectivity index (χ2n) is 18.0. The van der Waals surface area contributed by atoms with Crippen molar-refractivity contribution < 1.29 is 57.5 Å². The minimum absolute atomic E-state index is 0.00144. The minimum atomic E-state index is -1.24. The standard InChI is InChI=1S/C50H67N3O12/c1-34(54)22-23-38(35(2)55)31-42(57)32-39(48(62)64-50(3,4)5)24-25-44(58)51-28-16-8-6-7-15-21-41(56)33-40(29-36-17-11-9-12-18-36)47(61)52-43(30-37-19-13-10-14-20-37)49(63)65-53-45(59)26-27-46(53)60/h9-14,17-20,38-40,43H,6-8,15-16,21-33H2,1-5H3,(H,51,58)(H,52,61)/t38-,39-,40-,43+/m1/s1. The van der Waals surface area contributed by atoms with Gasteiger partial charge in [-0.2, -0.15) is 0 Å². The van der Waals surface area contributed by atoms with Crippen LogP contribution < -0.4 is 10.6 Å². The Labute approximate surface area is 382 Å². The number of hydroxylamine groups is 2. The number of hydrogen-bond donors (Lipinski definition) is 2. The molecule has 1 fully saturated rings. The van der Waals surface area contributed by atoms with Crippen LogP contribution in [0.25, 0.3) is 0 Å². The zero-order valence-electron chi connectivity index (χ0n) is 38.7. The number of benzene rings is 2. The van der Waals surface area contributed by atoms with Crippen molar-refractivity contribution in [3.63, 3.8) is 0 Å². The van der Waals surface area contributed by atoms with Crippen LogP contribution in [-0.4, -0.2) is 82.0 Å². The molecule has 4 amide bonds. The molecule has 65 heavy (non-hydrogen) atoms. The molecule has 1 aliphatic heterocycles. The molecule has 1 saturated heterocycles. The number of ketones is 4. The van der Waals surface area contributed by atoms with Gasteiger partial charge in [-0.25, -0.2) is 4.79 Å². The SMILES string of the molecule is CC(=O)CC[C@H](CC(=O)C[C@@H](CCC(=O)NCCCCCCCC(=O)C[C@@H](Cc1ccccc1)C(=O)N[C@@H](Cc1ccccc1)C(=O)ON1C(=O)CCC1=O)C(=O)OC(C)(C)C)C(C)=O. The zero-order chi connectivity index (χ0) is 47.9. The van der Waals surface area contributed by atoms with Crippen molar-refractivity contribution in [1.82, 2.24) is 15.7 Å². The van der Waals surface area contributed by atoms with Gasteiger partial charge in [0.15, 0.2) is 0 Å². The number of imide groups is 1. The zero-order valence-corrected chi connectivity index (χ0v) is 38.7. The second kappa shape index (κ2) is 27.5. The summed E-state index contributed by atoms with van der Waals surface area (Å²) in [5.41, 5.74) is 0.743. The molecule has 0 saturated carbocycles. The molecule has 0 aromatic heterocycles. The number of rotatable bonds is 30. The second-order valence-corrected chi connectivity index (χ2v) is 18.0. The molecule has 2 aromatic carbocycles. The molecule has 1 aliphatic rings. The van der Waals surface area contributed by atoms with E-state index in [2.05, 4.69) is 10.6 Å². The minimum Gasteiger partial charge on any atom is -0.460 e. The third-order valence-electron chi connectivity index (χ3n) is 11.0. The number of amides is 4. The highest BCUT2D eigenvalue weighted by atomic mass is 16.7. The summed E-state index contributed by atoms with van der Waals surface area (Å²) in [5, 5.41) is 6.06. The Hall–Kier alpha value is -5.86. The van der Waals surface area contributed by atoms with Gasteiger partial charge in [0.1, 0.15) is 34.8 Å². The molecule has 0 radical (unpaired) electrons. The molecule has 3 rings (SSSR count). The molecule has 2 N–H and O–H groups in total. The van der Waals surface area contributed by atoms with Gasteiger partial charge >= 0.3 is 11.9 Å². The fourth-order valence-corrected chi connectivity index (χ4v) is 7.42. The average Bonchev–Trinajstić information content (AvgIpc) is 3.56.